The summed E-state index contributed by atoms with van der Waals surface area (Å²) < 4.78 is 5.52. The van der Waals surface area contributed by atoms with E-state index in [1.54, 1.807) is 0 Å². The molecule has 0 bridgehead atoms. The number of unbranched alkanes of at least 4 members (excludes halogenated alkanes) is 57. The van der Waals surface area contributed by atoms with Gasteiger partial charge in [0, 0.05) is 12.8 Å². The summed E-state index contributed by atoms with van der Waals surface area (Å²) in [6.07, 6.45) is 87.3. The zero-order chi connectivity index (χ0) is 57.8. The fraction of sp³-hybridized carbons (Fsp3) is 0.946. The highest BCUT2D eigenvalue weighted by Crippen LogP contribution is 2.19. The predicted molar refractivity (Wildman–Crippen MR) is 352 cm³/mol. The number of aliphatic hydroxyl groups excluding tert-OH is 2. The topological polar surface area (TPSA) is 95.9 Å². The molecule has 0 aromatic heterocycles. The number of hydrogen-bond donors (Lipinski definition) is 3. The Morgan fingerprint density at radius 2 is 0.588 bits per heavy atom. The van der Waals surface area contributed by atoms with Crippen LogP contribution in [-0.2, 0) is 14.3 Å². The summed E-state index contributed by atoms with van der Waals surface area (Å²) in [5, 5.41) is 23.2. The van der Waals surface area contributed by atoms with Crippen LogP contribution in [0.1, 0.15) is 425 Å². The molecule has 6 heteroatoms. The smallest absolute Gasteiger partial charge is 0.305 e. The number of esters is 1. The van der Waals surface area contributed by atoms with Crippen LogP contribution in [0.5, 0.6) is 0 Å². The number of allylic oxidation sites excluding steroid dienone is 2. The Bertz CT molecular complexity index is 1210. The Balaban J connectivity index is 3.28. The number of carbonyl (C=O) groups excluding carboxylic acids is 2. The predicted octanol–water partition coefficient (Wildman–Crippen LogP) is 23.9. The van der Waals surface area contributed by atoms with Gasteiger partial charge in [-0.05, 0) is 51.4 Å². The van der Waals surface area contributed by atoms with Crippen molar-refractivity contribution >= 4 is 11.9 Å². The molecule has 2 atom stereocenters. The first-order valence-electron chi connectivity index (χ1n) is 36.9. The SMILES string of the molecule is CCCCCCCCCCCCCCCCCCCCCC(=O)OCCCCCCCCCCCCCCCC/C=C\CCCCCCCCCCCCCCCCCCCC(=O)NC(CO)C(O)CCCCCCCCCCC. The van der Waals surface area contributed by atoms with Gasteiger partial charge in [0.25, 0.3) is 0 Å². The van der Waals surface area contributed by atoms with Gasteiger partial charge in [-0.3, -0.25) is 9.59 Å². The Kier molecular flexibility index (Phi) is 68.9. The molecule has 0 saturated heterocycles. The molecule has 0 radical (unpaired) electrons. The third-order valence-electron chi connectivity index (χ3n) is 17.6. The lowest BCUT2D eigenvalue weighted by Gasteiger charge is -2.22. The Labute approximate surface area is 501 Å². The van der Waals surface area contributed by atoms with E-state index < -0.39 is 12.1 Å². The molecule has 1 amide bonds. The molecule has 0 heterocycles. The summed E-state index contributed by atoms with van der Waals surface area (Å²) in [4.78, 5) is 24.6. The van der Waals surface area contributed by atoms with Crippen molar-refractivity contribution in [3.8, 4) is 0 Å². The highest BCUT2D eigenvalue weighted by molar-refractivity contribution is 5.76. The summed E-state index contributed by atoms with van der Waals surface area (Å²) >= 11 is 0. The van der Waals surface area contributed by atoms with Gasteiger partial charge in [0.05, 0.1) is 25.4 Å². The average Bonchev–Trinajstić information content (AvgIpc) is 3.46. The van der Waals surface area contributed by atoms with Crippen LogP contribution in [0.15, 0.2) is 12.2 Å². The van der Waals surface area contributed by atoms with Crippen molar-refractivity contribution in [2.75, 3.05) is 13.2 Å². The van der Waals surface area contributed by atoms with Gasteiger partial charge >= 0.3 is 5.97 Å². The van der Waals surface area contributed by atoms with Gasteiger partial charge in [0.2, 0.25) is 5.91 Å². The first kappa shape index (κ1) is 78.6. The molecule has 0 spiro atoms. The van der Waals surface area contributed by atoms with Gasteiger partial charge in [0.1, 0.15) is 0 Å². The van der Waals surface area contributed by atoms with Crippen molar-refractivity contribution in [1.29, 1.82) is 0 Å². The van der Waals surface area contributed by atoms with E-state index in [4.69, 9.17) is 4.74 Å². The number of amides is 1. The summed E-state index contributed by atoms with van der Waals surface area (Å²) in [5.41, 5.74) is 0. The highest BCUT2D eigenvalue weighted by Gasteiger charge is 2.20. The van der Waals surface area contributed by atoms with Gasteiger partial charge in [0.15, 0.2) is 0 Å². The Hall–Kier alpha value is -1.40. The van der Waals surface area contributed by atoms with E-state index in [1.807, 2.05) is 0 Å². The van der Waals surface area contributed by atoms with Crippen molar-refractivity contribution in [3.05, 3.63) is 12.2 Å². The van der Waals surface area contributed by atoms with E-state index in [1.165, 1.54) is 353 Å². The van der Waals surface area contributed by atoms with Crippen molar-refractivity contribution in [2.24, 2.45) is 0 Å². The minimum Gasteiger partial charge on any atom is -0.466 e. The largest absolute Gasteiger partial charge is 0.466 e. The molecule has 0 rings (SSSR count). The average molecular weight is 1130 g/mol. The van der Waals surface area contributed by atoms with Gasteiger partial charge in [-0.2, -0.15) is 0 Å². The molecule has 476 valence electrons. The lowest BCUT2D eigenvalue weighted by atomic mass is 10.0. The fourth-order valence-electron chi connectivity index (χ4n) is 11.9. The van der Waals surface area contributed by atoms with E-state index in [2.05, 4.69) is 31.3 Å². The number of rotatable bonds is 70. The molecule has 80 heavy (non-hydrogen) atoms. The molecule has 0 fully saturated rings. The Morgan fingerprint density at radius 3 is 0.887 bits per heavy atom. The highest BCUT2D eigenvalue weighted by atomic mass is 16.5. The second kappa shape index (κ2) is 70.1. The van der Waals surface area contributed by atoms with Crippen LogP contribution in [0.4, 0.5) is 0 Å². The summed E-state index contributed by atoms with van der Waals surface area (Å²) in [6, 6.07) is -0.536. The summed E-state index contributed by atoms with van der Waals surface area (Å²) in [6.45, 7) is 4.98. The molecule has 6 nitrogen and oxygen atoms in total. The quantitative estimate of drug-likeness (QED) is 0.0320. The molecular formula is C74H145NO5. The second-order valence-corrected chi connectivity index (χ2v) is 25.6. The Morgan fingerprint density at radius 1 is 0.338 bits per heavy atom. The molecule has 3 N–H and O–H groups in total. The van der Waals surface area contributed by atoms with Crippen LogP contribution >= 0.6 is 0 Å². The minimum absolute atomic E-state index is 0.0259. The normalized spacial score (nSPS) is 12.5. The monoisotopic (exact) mass is 1130 g/mol. The number of aliphatic hydroxyl groups is 2. The van der Waals surface area contributed by atoms with Crippen LogP contribution < -0.4 is 5.32 Å². The van der Waals surface area contributed by atoms with E-state index in [9.17, 15) is 19.8 Å². The number of carbonyl (C=O) groups is 2. The molecular weight excluding hydrogens is 983 g/mol. The van der Waals surface area contributed by atoms with Gasteiger partial charge in [-0.15, -0.1) is 0 Å². The van der Waals surface area contributed by atoms with E-state index in [0.717, 1.165) is 38.5 Å². The lowest BCUT2D eigenvalue weighted by Crippen LogP contribution is -2.45. The van der Waals surface area contributed by atoms with Gasteiger partial charge < -0.3 is 20.3 Å². The molecule has 0 aliphatic rings. The third-order valence-corrected chi connectivity index (χ3v) is 17.6. The van der Waals surface area contributed by atoms with Gasteiger partial charge in [-0.25, -0.2) is 0 Å². The molecule has 0 aliphatic heterocycles. The minimum atomic E-state index is -0.659. The zero-order valence-corrected chi connectivity index (χ0v) is 54.6. The molecule has 0 saturated carbocycles. The lowest BCUT2D eigenvalue weighted by molar-refractivity contribution is -0.143. The third kappa shape index (κ3) is 65.7. The maximum absolute atomic E-state index is 12.4. The van der Waals surface area contributed by atoms with Gasteiger partial charge in [-0.1, -0.05) is 373 Å². The standard InChI is InChI=1S/C74H145NO5/c1-3-5-7-9-11-13-14-15-16-17-35-39-42-45-48-52-56-60-64-68-74(79)80-69-65-61-57-53-49-46-43-40-37-34-32-30-28-26-24-22-20-18-19-21-23-25-27-29-31-33-36-38-41-44-47-51-55-59-63-67-73(78)75-71(70-76)72(77)66-62-58-54-50-12-10-8-6-4-2/h20,22,71-72,76-77H,3-19,21,23-70H2,1-2H3,(H,75,78)/b22-20-. The summed E-state index contributed by atoms with van der Waals surface area (Å²) in [5.74, 6) is -0.00564. The van der Waals surface area contributed by atoms with Crippen molar-refractivity contribution in [2.45, 2.75) is 437 Å². The maximum Gasteiger partial charge on any atom is 0.305 e. The molecule has 0 aromatic rings. The maximum atomic E-state index is 12.4. The first-order valence-corrected chi connectivity index (χ1v) is 36.9. The van der Waals surface area contributed by atoms with E-state index in [-0.39, 0.29) is 18.5 Å². The van der Waals surface area contributed by atoms with Crippen LogP contribution in [0.25, 0.3) is 0 Å². The van der Waals surface area contributed by atoms with Crippen LogP contribution in [-0.4, -0.2) is 47.4 Å². The van der Waals surface area contributed by atoms with Crippen molar-refractivity contribution in [1.82, 2.24) is 5.32 Å². The summed E-state index contributed by atoms with van der Waals surface area (Å²) in [7, 11) is 0. The van der Waals surface area contributed by atoms with Crippen molar-refractivity contribution < 1.29 is 24.5 Å². The van der Waals surface area contributed by atoms with Crippen LogP contribution in [0.3, 0.4) is 0 Å². The second-order valence-electron chi connectivity index (χ2n) is 25.6. The van der Waals surface area contributed by atoms with E-state index >= 15 is 0 Å². The zero-order valence-electron chi connectivity index (χ0n) is 54.6. The fourth-order valence-corrected chi connectivity index (χ4v) is 11.9. The van der Waals surface area contributed by atoms with E-state index in [0.29, 0.717) is 25.9 Å². The first-order chi connectivity index (χ1) is 39.5. The van der Waals surface area contributed by atoms with Crippen LogP contribution in [0.2, 0.25) is 0 Å². The number of hydrogen-bond acceptors (Lipinski definition) is 5. The number of ether oxygens (including phenoxy) is 1. The van der Waals surface area contributed by atoms with Crippen LogP contribution in [0, 0.1) is 0 Å². The molecule has 0 aromatic carbocycles. The molecule has 0 aliphatic carbocycles. The number of nitrogens with one attached hydrogen (secondary N) is 1. The molecule has 2 unspecified atom stereocenters. The van der Waals surface area contributed by atoms with Crippen molar-refractivity contribution in [3.63, 3.8) is 0 Å².